The summed E-state index contributed by atoms with van der Waals surface area (Å²) in [6.07, 6.45) is 0.200. The van der Waals surface area contributed by atoms with Crippen LogP contribution in [0.2, 0.25) is 0 Å². The third-order valence-electron chi connectivity index (χ3n) is 2.65. The molecule has 0 aromatic heterocycles. The van der Waals surface area contributed by atoms with Crippen molar-refractivity contribution < 1.29 is 13.2 Å². The average Bonchev–Trinajstić information content (AvgIpc) is 2.24. The van der Waals surface area contributed by atoms with Crippen LogP contribution in [-0.2, 0) is 10.0 Å². The molecule has 0 bridgehead atoms. The Morgan fingerprint density at radius 1 is 1.24 bits per heavy atom. The van der Waals surface area contributed by atoms with Crippen molar-refractivity contribution in [3.63, 3.8) is 0 Å². The lowest BCUT2D eigenvalue weighted by Gasteiger charge is -2.27. The van der Waals surface area contributed by atoms with Crippen molar-refractivity contribution in [2.45, 2.75) is 11.0 Å². The van der Waals surface area contributed by atoms with Crippen molar-refractivity contribution in [1.29, 1.82) is 0 Å². The Bertz CT molecular complexity index is 478. The summed E-state index contributed by atoms with van der Waals surface area (Å²) in [4.78, 5) is 0.279. The van der Waals surface area contributed by atoms with Crippen LogP contribution in [0.25, 0.3) is 0 Å². The molecule has 0 radical (unpaired) electrons. The molecule has 1 saturated heterocycles. The summed E-state index contributed by atoms with van der Waals surface area (Å²) in [5.41, 5.74) is 0. The third kappa shape index (κ3) is 2.59. The van der Waals surface area contributed by atoms with Crippen molar-refractivity contribution in [1.82, 2.24) is 9.62 Å². The van der Waals surface area contributed by atoms with Gasteiger partial charge in [-0.05, 0) is 24.3 Å². The summed E-state index contributed by atoms with van der Waals surface area (Å²) in [5, 5.41) is 3.10. The molecule has 1 aliphatic rings. The van der Waals surface area contributed by atoms with Crippen LogP contribution >= 0.6 is 0 Å². The molecular formula is C11H16N2O3S. The van der Waals surface area contributed by atoms with E-state index in [0.29, 0.717) is 5.75 Å². The Kier molecular flexibility index (Phi) is 3.37. The number of hydrogen-bond acceptors (Lipinski definition) is 4. The Hall–Kier alpha value is -1.11. The molecule has 1 heterocycles. The van der Waals surface area contributed by atoms with Gasteiger partial charge in [0.15, 0.2) is 0 Å². The van der Waals surface area contributed by atoms with Crippen LogP contribution in [-0.4, -0.2) is 46.0 Å². The van der Waals surface area contributed by atoms with Gasteiger partial charge in [0.25, 0.3) is 0 Å². The lowest BCUT2D eigenvalue weighted by molar-refractivity contribution is 0.142. The van der Waals surface area contributed by atoms with E-state index in [1.165, 1.54) is 18.4 Å². The van der Waals surface area contributed by atoms with Gasteiger partial charge in [-0.2, -0.15) is 0 Å². The molecule has 6 heteroatoms. The second-order valence-electron chi connectivity index (χ2n) is 4.16. The van der Waals surface area contributed by atoms with Crippen LogP contribution in [0.15, 0.2) is 29.2 Å². The molecule has 1 aliphatic heterocycles. The second kappa shape index (κ2) is 4.64. The number of sulfonamides is 1. The van der Waals surface area contributed by atoms with Crippen LogP contribution in [0.3, 0.4) is 0 Å². The first-order chi connectivity index (χ1) is 8.00. The van der Waals surface area contributed by atoms with Crippen LogP contribution < -0.4 is 10.1 Å². The summed E-state index contributed by atoms with van der Waals surface area (Å²) in [5.74, 6) is 0.703. The SMILES string of the molecule is CN(C)S(=O)(=O)c1ccc(OC2CNC2)cc1. The van der Waals surface area contributed by atoms with Crippen molar-refractivity contribution in [2.24, 2.45) is 0 Å². The molecule has 5 nitrogen and oxygen atoms in total. The van der Waals surface area contributed by atoms with E-state index in [1.54, 1.807) is 24.3 Å². The predicted molar refractivity (Wildman–Crippen MR) is 64.6 cm³/mol. The zero-order chi connectivity index (χ0) is 12.5. The first-order valence-electron chi connectivity index (χ1n) is 5.40. The average molecular weight is 256 g/mol. The van der Waals surface area contributed by atoms with Crippen LogP contribution in [0, 0.1) is 0 Å². The smallest absolute Gasteiger partial charge is 0.242 e. The monoisotopic (exact) mass is 256 g/mol. The minimum Gasteiger partial charge on any atom is -0.488 e. The van der Waals surface area contributed by atoms with Crippen molar-refractivity contribution in [3.05, 3.63) is 24.3 Å². The van der Waals surface area contributed by atoms with E-state index in [1.807, 2.05) is 0 Å². The van der Waals surface area contributed by atoms with Crippen molar-refractivity contribution in [2.75, 3.05) is 27.2 Å². The number of benzene rings is 1. The standard InChI is InChI=1S/C11H16N2O3S/c1-13(2)17(14,15)11-5-3-9(4-6-11)16-10-7-12-8-10/h3-6,10,12H,7-8H2,1-2H3. The van der Waals surface area contributed by atoms with Gasteiger partial charge in [0.05, 0.1) is 4.90 Å². The van der Waals surface area contributed by atoms with Gasteiger partial charge in [0.2, 0.25) is 10.0 Å². The molecule has 0 unspecified atom stereocenters. The maximum absolute atomic E-state index is 11.8. The largest absolute Gasteiger partial charge is 0.488 e. The van der Waals surface area contributed by atoms with Gasteiger partial charge in [0.1, 0.15) is 11.9 Å². The first-order valence-corrected chi connectivity index (χ1v) is 6.84. The van der Waals surface area contributed by atoms with Gasteiger partial charge in [0, 0.05) is 27.2 Å². The maximum Gasteiger partial charge on any atom is 0.242 e. The van der Waals surface area contributed by atoms with Crippen LogP contribution in [0.1, 0.15) is 0 Å². The van der Waals surface area contributed by atoms with E-state index < -0.39 is 10.0 Å². The predicted octanol–water partition coefficient (Wildman–Crippen LogP) is 0.287. The fourth-order valence-corrected chi connectivity index (χ4v) is 2.34. The minimum atomic E-state index is -3.35. The Balaban J connectivity index is 2.12. The summed E-state index contributed by atoms with van der Waals surface area (Å²) in [7, 11) is -0.321. The molecule has 2 rings (SSSR count). The molecule has 0 spiro atoms. The van der Waals surface area contributed by atoms with Gasteiger partial charge < -0.3 is 10.1 Å². The molecule has 0 aliphatic carbocycles. The summed E-state index contributed by atoms with van der Waals surface area (Å²) in [6, 6.07) is 6.51. The van der Waals surface area contributed by atoms with Crippen LogP contribution in [0.4, 0.5) is 0 Å². The molecule has 0 saturated carbocycles. The van der Waals surface area contributed by atoms with Crippen molar-refractivity contribution in [3.8, 4) is 5.75 Å². The van der Waals surface area contributed by atoms with E-state index in [-0.39, 0.29) is 11.0 Å². The third-order valence-corrected chi connectivity index (χ3v) is 4.48. The summed E-state index contributed by atoms with van der Waals surface area (Å²) in [6.45, 7) is 1.69. The van der Waals surface area contributed by atoms with Gasteiger partial charge >= 0.3 is 0 Å². The molecule has 1 N–H and O–H groups in total. The Labute approximate surface area is 101 Å². The molecule has 17 heavy (non-hydrogen) atoms. The highest BCUT2D eigenvalue weighted by atomic mass is 32.2. The number of nitrogens with zero attached hydrogens (tertiary/aromatic N) is 1. The zero-order valence-corrected chi connectivity index (χ0v) is 10.7. The van der Waals surface area contributed by atoms with E-state index in [0.717, 1.165) is 13.1 Å². The highest BCUT2D eigenvalue weighted by molar-refractivity contribution is 7.89. The molecule has 1 aromatic carbocycles. The van der Waals surface area contributed by atoms with Crippen molar-refractivity contribution >= 4 is 10.0 Å². The van der Waals surface area contributed by atoms with E-state index in [2.05, 4.69) is 5.32 Å². The zero-order valence-electron chi connectivity index (χ0n) is 9.88. The molecule has 0 atom stereocenters. The fourth-order valence-electron chi connectivity index (χ4n) is 1.44. The first kappa shape index (κ1) is 12.3. The molecule has 1 fully saturated rings. The number of rotatable bonds is 4. The molecule has 1 aromatic rings. The topological polar surface area (TPSA) is 58.6 Å². The van der Waals surface area contributed by atoms with Gasteiger partial charge in [-0.1, -0.05) is 0 Å². The summed E-state index contributed by atoms with van der Waals surface area (Å²) < 4.78 is 30.4. The molecule has 94 valence electrons. The highest BCUT2D eigenvalue weighted by Crippen LogP contribution is 2.19. The number of nitrogens with one attached hydrogen (secondary N) is 1. The highest BCUT2D eigenvalue weighted by Gasteiger charge is 2.19. The van der Waals surface area contributed by atoms with E-state index >= 15 is 0 Å². The number of ether oxygens (including phenoxy) is 1. The minimum absolute atomic E-state index is 0.200. The Morgan fingerprint density at radius 3 is 2.24 bits per heavy atom. The van der Waals surface area contributed by atoms with E-state index in [4.69, 9.17) is 4.74 Å². The maximum atomic E-state index is 11.8. The van der Waals surface area contributed by atoms with Crippen LogP contribution in [0.5, 0.6) is 5.75 Å². The second-order valence-corrected chi connectivity index (χ2v) is 6.31. The van der Waals surface area contributed by atoms with E-state index in [9.17, 15) is 8.42 Å². The lowest BCUT2D eigenvalue weighted by Crippen LogP contribution is -2.50. The van der Waals surface area contributed by atoms with Gasteiger partial charge in [-0.3, -0.25) is 0 Å². The molecule has 0 amide bonds. The quantitative estimate of drug-likeness (QED) is 0.841. The van der Waals surface area contributed by atoms with Gasteiger partial charge in [-0.15, -0.1) is 0 Å². The summed E-state index contributed by atoms with van der Waals surface area (Å²) >= 11 is 0. The van der Waals surface area contributed by atoms with Gasteiger partial charge in [-0.25, -0.2) is 12.7 Å². The lowest BCUT2D eigenvalue weighted by atomic mass is 10.2. The normalized spacial score (nSPS) is 16.9. The molecular weight excluding hydrogens is 240 g/mol. The fraction of sp³-hybridized carbons (Fsp3) is 0.455. The Morgan fingerprint density at radius 2 is 1.82 bits per heavy atom. The number of hydrogen-bond donors (Lipinski definition) is 1.